The number of hydrogen-bond acceptors (Lipinski definition) is 5. The molecule has 0 heterocycles. The molecule has 0 amide bonds. The van der Waals surface area contributed by atoms with Crippen LogP contribution in [0.25, 0.3) is 0 Å². The Labute approximate surface area is 125 Å². The van der Waals surface area contributed by atoms with Gasteiger partial charge in [-0.1, -0.05) is 45.9 Å². The van der Waals surface area contributed by atoms with Crippen molar-refractivity contribution in [3.05, 3.63) is 30.3 Å². The maximum Gasteiger partial charge on any atom is 0.220 e. The Morgan fingerprint density at radius 1 is 1.00 bits per heavy atom. The molecule has 5 nitrogen and oxygen atoms in total. The fourth-order valence-corrected chi connectivity index (χ4v) is 1.73. The van der Waals surface area contributed by atoms with Crippen molar-refractivity contribution in [3.63, 3.8) is 0 Å². The van der Waals surface area contributed by atoms with Gasteiger partial charge in [-0.15, -0.1) is 5.48 Å². The highest BCUT2D eigenvalue weighted by atomic mass is 16.6. The van der Waals surface area contributed by atoms with Gasteiger partial charge < -0.3 is 10.6 Å². The summed E-state index contributed by atoms with van der Waals surface area (Å²) in [6.45, 7) is 7.32. The van der Waals surface area contributed by atoms with Crippen molar-refractivity contribution in [1.29, 1.82) is 0 Å². The van der Waals surface area contributed by atoms with E-state index in [9.17, 15) is 9.59 Å². The van der Waals surface area contributed by atoms with Crippen LogP contribution in [0, 0.1) is 11.8 Å². The summed E-state index contributed by atoms with van der Waals surface area (Å²) in [5.74, 6) is -0.694. The lowest BCUT2D eigenvalue weighted by atomic mass is 9.91. The number of Topliss-reactive ketones (excluding diaryl/α,β-unsaturated/α-hetero) is 2. The van der Waals surface area contributed by atoms with Gasteiger partial charge in [-0.3, -0.25) is 9.59 Å². The summed E-state index contributed by atoms with van der Waals surface area (Å²) in [6, 6.07) is 7.53. The molecule has 1 aromatic rings. The van der Waals surface area contributed by atoms with Gasteiger partial charge in [0.05, 0.1) is 6.04 Å². The molecule has 116 valence electrons. The molecule has 0 radical (unpaired) electrons. The van der Waals surface area contributed by atoms with Crippen molar-refractivity contribution in [2.45, 2.75) is 39.8 Å². The van der Waals surface area contributed by atoms with Crippen molar-refractivity contribution in [2.24, 2.45) is 17.6 Å². The van der Waals surface area contributed by atoms with Gasteiger partial charge in [0.2, 0.25) is 11.6 Å². The van der Waals surface area contributed by atoms with E-state index in [1.54, 1.807) is 12.1 Å². The molecule has 1 rings (SSSR count). The minimum atomic E-state index is -0.780. The third-order valence-corrected chi connectivity index (χ3v) is 3.26. The highest BCUT2D eigenvalue weighted by Gasteiger charge is 2.33. The van der Waals surface area contributed by atoms with Crippen LogP contribution in [0.3, 0.4) is 0 Å². The van der Waals surface area contributed by atoms with E-state index in [4.69, 9.17) is 10.6 Å². The van der Waals surface area contributed by atoms with Crippen LogP contribution in [0.5, 0.6) is 5.75 Å². The summed E-state index contributed by atoms with van der Waals surface area (Å²) in [7, 11) is 0. The lowest BCUT2D eigenvalue weighted by Crippen LogP contribution is -2.51. The summed E-state index contributed by atoms with van der Waals surface area (Å²) < 4.78 is 0. The van der Waals surface area contributed by atoms with Crippen LogP contribution >= 0.6 is 0 Å². The van der Waals surface area contributed by atoms with Crippen molar-refractivity contribution < 1.29 is 14.4 Å². The van der Waals surface area contributed by atoms with Crippen LogP contribution in [0.15, 0.2) is 30.3 Å². The fourth-order valence-electron chi connectivity index (χ4n) is 1.73. The van der Waals surface area contributed by atoms with Gasteiger partial charge in [-0.2, -0.15) is 0 Å². The monoisotopic (exact) mass is 292 g/mol. The van der Waals surface area contributed by atoms with Crippen molar-refractivity contribution >= 4 is 11.6 Å². The molecule has 0 fully saturated rings. The first-order chi connectivity index (χ1) is 9.84. The molecule has 0 aliphatic carbocycles. The molecule has 0 saturated carbocycles. The molecule has 3 N–H and O–H groups in total. The molecule has 0 unspecified atom stereocenters. The minimum absolute atomic E-state index is 0.0793. The molecule has 1 aromatic carbocycles. The zero-order valence-electron chi connectivity index (χ0n) is 13.0. The standard InChI is InChI=1S/C16H24N2O3/c1-10(2)13(17)15(19)16(20)14(11(3)4)18-21-12-8-6-5-7-9-12/h5-11,13-14,18H,17H2,1-4H3/t13-,14-/m0/s1. The summed E-state index contributed by atoms with van der Waals surface area (Å²) in [6.07, 6.45) is 0. The van der Waals surface area contributed by atoms with Gasteiger partial charge in [0.1, 0.15) is 11.8 Å². The van der Waals surface area contributed by atoms with Crippen molar-refractivity contribution in [2.75, 3.05) is 0 Å². The van der Waals surface area contributed by atoms with Crippen LogP contribution in [-0.4, -0.2) is 23.7 Å². The maximum atomic E-state index is 12.3. The molecule has 2 atom stereocenters. The zero-order valence-corrected chi connectivity index (χ0v) is 13.0. The average Bonchev–Trinajstić information content (AvgIpc) is 2.46. The minimum Gasteiger partial charge on any atom is -0.408 e. The zero-order chi connectivity index (χ0) is 16.0. The largest absolute Gasteiger partial charge is 0.408 e. The van der Waals surface area contributed by atoms with E-state index in [2.05, 4.69) is 5.48 Å². The van der Waals surface area contributed by atoms with E-state index in [1.165, 1.54) is 0 Å². The van der Waals surface area contributed by atoms with Gasteiger partial charge in [-0.25, -0.2) is 0 Å². The summed E-state index contributed by atoms with van der Waals surface area (Å²) in [5, 5.41) is 0. The van der Waals surface area contributed by atoms with Gasteiger partial charge in [0.15, 0.2) is 0 Å². The predicted molar refractivity (Wildman–Crippen MR) is 81.7 cm³/mol. The lowest BCUT2D eigenvalue weighted by molar-refractivity contribution is -0.141. The summed E-state index contributed by atoms with van der Waals surface area (Å²) in [5.41, 5.74) is 8.45. The second-order valence-corrected chi connectivity index (χ2v) is 5.75. The molecule has 0 aliphatic rings. The number of para-hydroxylation sites is 1. The van der Waals surface area contributed by atoms with E-state index in [0.29, 0.717) is 5.75 Å². The van der Waals surface area contributed by atoms with Crippen LogP contribution in [-0.2, 0) is 9.59 Å². The summed E-state index contributed by atoms with van der Waals surface area (Å²) in [4.78, 5) is 29.7. The average molecular weight is 292 g/mol. The molecule has 21 heavy (non-hydrogen) atoms. The van der Waals surface area contributed by atoms with E-state index in [1.807, 2.05) is 45.9 Å². The number of carbonyl (C=O) groups is 2. The second kappa shape index (κ2) is 7.90. The quantitative estimate of drug-likeness (QED) is 0.563. The SMILES string of the molecule is CC(C)[C@H](N)C(=O)C(=O)[C@@H](NOc1ccccc1)C(C)C. The number of hydrogen-bond donors (Lipinski definition) is 2. The third-order valence-electron chi connectivity index (χ3n) is 3.26. The number of nitrogens with one attached hydrogen (secondary N) is 1. The van der Waals surface area contributed by atoms with Crippen molar-refractivity contribution in [3.8, 4) is 5.75 Å². The molecule has 0 saturated heterocycles. The topological polar surface area (TPSA) is 81.4 Å². The molecule has 0 aromatic heterocycles. The van der Waals surface area contributed by atoms with E-state index in [-0.39, 0.29) is 11.8 Å². The highest BCUT2D eigenvalue weighted by Crippen LogP contribution is 2.11. The Hall–Kier alpha value is -1.72. The first-order valence-corrected chi connectivity index (χ1v) is 7.15. The Balaban J connectivity index is 2.73. The van der Waals surface area contributed by atoms with Crippen LogP contribution in [0.2, 0.25) is 0 Å². The Morgan fingerprint density at radius 2 is 1.57 bits per heavy atom. The van der Waals surface area contributed by atoms with Crippen molar-refractivity contribution in [1.82, 2.24) is 5.48 Å². The molecular weight excluding hydrogens is 268 g/mol. The van der Waals surface area contributed by atoms with Gasteiger partial charge in [-0.05, 0) is 24.0 Å². The normalized spacial score (nSPS) is 14.0. The second-order valence-electron chi connectivity index (χ2n) is 5.75. The lowest BCUT2D eigenvalue weighted by Gasteiger charge is -2.22. The Kier molecular flexibility index (Phi) is 6.52. The van der Waals surface area contributed by atoms with E-state index < -0.39 is 23.7 Å². The molecule has 0 aliphatic heterocycles. The predicted octanol–water partition coefficient (Wildman–Crippen LogP) is 1.72. The number of benzene rings is 1. The molecule has 0 spiro atoms. The number of hydroxylamine groups is 1. The Morgan fingerprint density at radius 3 is 2.05 bits per heavy atom. The molecule has 5 heteroatoms. The van der Waals surface area contributed by atoms with Crippen LogP contribution in [0.4, 0.5) is 0 Å². The van der Waals surface area contributed by atoms with Gasteiger partial charge >= 0.3 is 0 Å². The fraction of sp³-hybridized carbons (Fsp3) is 0.500. The number of nitrogens with two attached hydrogens (primary N) is 1. The molecular formula is C16H24N2O3. The first kappa shape index (κ1) is 17.3. The van der Waals surface area contributed by atoms with Gasteiger partial charge in [0.25, 0.3) is 0 Å². The third kappa shape index (κ3) is 4.95. The van der Waals surface area contributed by atoms with Crippen LogP contribution < -0.4 is 16.1 Å². The molecule has 0 bridgehead atoms. The Bertz CT molecular complexity index is 472. The van der Waals surface area contributed by atoms with E-state index >= 15 is 0 Å². The van der Waals surface area contributed by atoms with Crippen LogP contribution in [0.1, 0.15) is 27.7 Å². The summed E-state index contributed by atoms with van der Waals surface area (Å²) >= 11 is 0. The van der Waals surface area contributed by atoms with Gasteiger partial charge in [0, 0.05) is 0 Å². The number of rotatable bonds is 8. The smallest absolute Gasteiger partial charge is 0.220 e. The highest BCUT2D eigenvalue weighted by molar-refractivity contribution is 6.41. The first-order valence-electron chi connectivity index (χ1n) is 7.15. The maximum absolute atomic E-state index is 12.3. The van der Waals surface area contributed by atoms with E-state index in [0.717, 1.165) is 0 Å². The number of carbonyl (C=O) groups excluding carboxylic acids is 2. The number of ketones is 2.